The first-order chi connectivity index (χ1) is 8.72. The minimum atomic E-state index is -0.116. The van der Waals surface area contributed by atoms with Gasteiger partial charge in [0.05, 0.1) is 17.9 Å². The molecule has 0 saturated heterocycles. The monoisotopic (exact) mass is 307 g/mol. The zero-order valence-corrected chi connectivity index (χ0v) is 11.6. The van der Waals surface area contributed by atoms with Crippen LogP contribution < -0.4 is 5.32 Å². The number of carbonyl (C=O) groups excluding carboxylic acids is 1. The molecular formula is C14H14BrNO2. The number of hydrogen-bond donors (Lipinski definition) is 1. The second-order valence-electron chi connectivity index (χ2n) is 3.98. The van der Waals surface area contributed by atoms with Crippen molar-refractivity contribution in [3.8, 4) is 0 Å². The number of rotatable bonds is 4. The summed E-state index contributed by atoms with van der Waals surface area (Å²) >= 11 is 3.42. The number of nitrogens with one attached hydrogen (secondary N) is 1. The van der Waals surface area contributed by atoms with E-state index < -0.39 is 0 Å². The Morgan fingerprint density at radius 1 is 1.33 bits per heavy atom. The molecule has 0 aliphatic heterocycles. The van der Waals surface area contributed by atoms with Crippen molar-refractivity contribution in [2.24, 2.45) is 0 Å². The Bertz CT molecular complexity index is 522. The summed E-state index contributed by atoms with van der Waals surface area (Å²) in [4.78, 5) is 12.1. The van der Waals surface area contributed by atoms with E-state index in [1.54, 1.807) is 13.0 Å². The van der Waals surface area contributed by atoms with Gasteiger partial charge < -0.3 is 9.73 Å². The van der Waals surface area contributed by atoms with Crippen molar-refractivity contribution in [1.82, 2.24) is 5.32 Å². The highest BCUT2D eigenvalue weighted by Gasteiger charge is 2.17. The molecule has 0 bridgehead atoms. The van der Waals surface area contributed by atoms with Crippen molar-refractivity contribution in [2.75, 3.05) is 5.33 Å². The molecule has 0 radical (unpaired) electrons. The fourth-order valence-electron chi connectivity index (χ4n) is 1.75. The van der Waals surface area contributed by atoms with E-state index in [-0.39, 0.29) is 11.9 Å². The normalized spacial score (nSPS) is 12.1. The minimum Gasteiger partial charge on any atom is -0.469 e. The van der Waals surface area contributed by atoms with Crippen LogP contribution >= 0.6 is 15.9 Å². The van der Waals surface area contributed by atoms with Crippen LogP contribution in [-0.2, 0) is 0 Å². The van der Waals surface area contributed by atoms with Crippen molar-refractivity contribution in [3.05, 3.63) is 59.5 Å². The number of benzene rings is 1. The lowest BCUT2D eigenvalue weighted by Crippen LogP contribution is -2.29. The fourth-order valence-corrected chi connectivity index (χ4v) is 2.29. The fraction of sp³-hybridized carbons (Fsp3) is 0.214. The smallest absolute Gasteiger partial charge is 0.255 e. The second-order valence-corrected chi connectivity index (χ2v) is 4.63. The van der Waals surface area contributed by atoms with Crippen molar-refractivity contribution in [3.63, 3.8) is 0 Å². The summed E-state index contributed by atoms with van der Waals surface area (Å²) in [5, 5.41) is 3.65. The zero-order valence-electron chi connectivity index (χ0n) is 10.0. The Labute approximate surface area is 114 Å². The highest BCUT2D eigenvalue weighted by molar-refractivity contribution is 9.09. The Morgan fingerprint density at radius 2 is 2.06 bits per heavy atom. The molecule has 1 N–H and O–H groups in total. The van der Waals surface area contributed by atoms with E-state index in [1.165, 1.54) is 6.26 Å². The molecule has 18 heavy (non-hydrogen) atoms. The van der Waals surface area contributed by atoms with Crippen LogP contribution in [0.2, 0.25) is 0 Å². The Morgan fingerprint density at radius 3 is 2.61 bits per heavy atom. The average Bonchev–Trinajstić information content (AvgIpc) is 2.83. The number of halogens is 1. The van der Waals surface area contributed by atoms with E-state index >= 15 is 0 Å². The van der Waals surface area contributed by atoms with Crippen molar-refractivity contribution < 1.29 is 9.21 Å². The van der Waals surface area contributed by atoms with Crippen LogP contribution in [0.25, 0.3) is 0 Å². The maximum atomic E-state index is 12.1. The summed E-state index contributed by atoms with van der Waals surface area (Å²) in [7, 11) is 0. The molecule has 0 aliphatic carbocycles. The molecule has 94 valence electrons. The van der Waals surface area contributed by atoms with Gasteiger partial charge in [0, 0.05) is 5.33 Å². The predicted molar refractivity (Wildman–Crippen MR) is 73.9 cm³/mol. The number of carbonyl (C=O) groups is 1. The molecule has 3 nitrogen and oxygen atoms in total. The van der Waals surface area contributed by atoms with Gasteiger partial charge in [-0.1, -0.05) is 46.3 Å². The largest absolute Gasteiger partial charge is 0.469 e. The Balaban J connectivity index is 2.13. The molecule has 1 aromatic carbocycles. The van der Waals surface area contributed by atoms with Crippen LogP contribution in [0.1, 0.15) is 27.7 Å². The average molecular weight is 308 g/mol. The van der Waals surface area contributed by atoms with E-state index in [4.69, 9.17) is 4.42 Å². The summed E-state index contributed by atoms with van der Waals surface area (Å²) in [5.74, 6) is 0.517. The van der Waals surface area contributed by atoms with E-state index in [2.05, 4.69) is 21.2 Å². The van der Waals surface area contributed by atoms with E-state index in [1.807, 2.05) is 30.3 Å². The molecule has 0 fully saturated rings. The highest BCUT2D eigenvalue weighted by atomic mass is 79.9. The van der Waals surface area contributed by atoms with Crippen LogP contribution in [0.5, 0.6) is 0 Å². The van der Waals surface area contributed by atoms with Gasteiger partial charge in [-0.05, 0) is 18.6 Å². The van der Waals surface area contributed by atoms with E-state index in [9.17, 15) is 4.79 Å². The molecule has 1 heterocycles. The quantitative estimate of drug-likeness (QED) is 0.879. The number of hydrogen-bond acceptors (Lipinski definition) is 2. The maximum Gasteiger partial charge on any atom is 0.255 e. The van der Waals surface area contributed by atoms with Crippen molar-refractivity contribution in [1.29, 1.82) is 0 Å². The summed E-state index contributed by atoms with van der Waals surface area (Å²) < 4.78 is 5.13. The number of amides is 1. The Kier molecular flexibility index (Phi) is 4.20. The van der Waals surface area contributed by atoms with Crippen LogP contribution in [0.4, 0.5) is 0 Å². The third-order valence-corrected chi connectivity index (χ3v) is 3.41. The summed E-state index contributed by atoms with van der Waals surface area (Å²) in [6.45, 7) is 1.78. The highest BCUT2D eigenvalue weighted by Crippen LogP contribution is 2.17. The molecule has 0 saturated carbocycles. The van der Waals surface area contributed by atoms with Gasteiger partial charge in [0.25, 0.3) is 5.91 Å². The molecule has 1 aromatic heterocycles. The summed E-state index contributed by atoms with van der Waals surface area (Å²) in [6.07, 6.45) is 1.52. The number of aryl methyl sites for hydroxylation is 1. The van der Waals surface area contributed by atoms with Gasteiger partial charge in [-0.3, -0.25) is 4.79 Å². The van der Waals surface area contributed by atoms with Gasteiger partial charge in [0.2, 0.25) is 0 Å². The summed E-state index contributed by atoms with van der Waals surface area (Å²) in [5.41, 5.74) is 1.65. The molecular weight excluding hydrogens is 294 g/mol. The number of furan rings is 1. The standard InChI is InChI=1S/C14H14BrNO2/c1-10-12(7-8-18-10)14(17)16-13(9-15)11-5-3-2-4-6-11/h2-8,13H,9H2,1H3,(H,16,17). The molecule has 1 unspecified atom stereocenters. The predicted octanol–water partition coefficient (Wildman–Crippen LogP) is 3.45. The van der Waals surface area contributed by atoms with Gasteiger partial charge in [-0.15, -0.1) is 0 Å². The minimum absolute atomic E-state index is 0.0481. The molecule has 0 aliphatic rings. The van der Waals surface area contributed by atoms with Gasteiger partial charge in [-0.2, -0.15) is 0 Å². The lowest BCUT2D eigenvalue weighted by Gasteiger charge is -2.16. The lowest BCUT2D eigenvalue weighted by atomic mass is 10.1. The first kappa shape index (κ1) is 12.9. The van der Waals surface area contributed by atoms with Crippen molar-refractivity contribution >= 4 is 21.8 Å². The van der Waals surface area contributed by atoms with E-state index in [0.717, 1.165) is 5.56 Å². The van der Waals surface area contributed by atoms with E-state index in [0.29, 0.717) is 16.7 Å². The first-order valence-electron chi connectivity index (χ1n) is 5.68. The summed E-state index contributed by atoms with van der Waals surface area (Å²) in [6, 6.07) is 11.5. The molecule has 1 atom stereocenters. The van der Waals surface area contributed by atoms with Gasteiger partial charge in [-0.25, -0.2) is 0 Å². The van der Waals surface area contributed by atoms with Gasteiger partial charge in [0.15, 0.2) is 0 Å². The van der Waals surface area contributed by atoms with Gasteiger partial charge >= 0.3 is 0 Å². The third-order valence-electron chi connectivity index (χ3n) is 2.77. The topological polar surface area (TPSA) is 42.2 Å². The molecule has 4 heteroatoms. The first-order valence-corrected chi connectivity index (χ1v) is 6.80. The van der Waals surface area contributed by atoms with Gasteiger partial charge in [0.1, 0.15) is 5.76 Å². The maximum absolute atomic E-state index is 12.1. The zero-order chi connectivity index (χ0) is 13.0. The van der Waals surface area contributed by atoms with Crippen LogP contribution in [0.3, 0.4) is 0 Å². The Hall–Kier alpha value is -1.55. The molecule has 2 rings (SSSR count). The molecule has 1 amide bonds. The SMILES string of the molecule is Cc1occc1C(=O)NC(CBr)c1ccccc1. The second kappa shape index (κ2) is 5.87. The lowest BCUT2D eigenvalue weighted by molar-refractivity contribution is 0.0939. The molecule has 2 aromatic rings. The third kappa shape index (κ3) is 2.82. The number of alkyl halides is 1. The van der Waals surface area contributed by atoms with Crippen LogP contribution in [0, 0.1) is 6.92 Å². The van der Waals surface area contributed by atoms with Crippen molar-refractivity contribution in [2.45, 2.75) is 13.0 Å². The molecule has 0 spiro atoms. The van der Waals surface area contributed by atoms with Crippen LogP contribution in [0.15, 0.2) is 47.1 Å². The van der Waals surface area contributed by atoms with Crippen LogP contribution in [-0.4, -0.2) is 11.2 Å².